The number of carbonyl (C=O) groups excluding carboxylic acids is 1. The summed E-state index contributed by atoms with van der Waals surface area (Å²) in [5.41, 5.74) is -0.148. The minimum absolute atomic E-state index is 0.0480. The number of rotatable bonds is 12. The lowest BCUT2D eigenvalue weighted by Crippen LogP contribution is -2.62. The summed E-state index contributed by atoms with van der Waals surface area (Å²) in [5.74, 6) is 1.31. The fourth-order valence-electron chi connectivity index (χ4n) is 9.88. The summed E-state index contributed by atoms with van der Waals surface area (Å²) in [6.45, 7) is 6.64. The highest BCUT2D eigenvalue weighted by molar-refractivity contribution is 7.85. The molecule has 4 saturated carbocycles. The van der Waals surface area contributed by atoms with Gasteiger partial charge in [0.1, 0.15) is 0 Å². The lowest BCUT2D eigenvalue weighted by molar-refractivity contribution is -0.890. The summed E-state index contributed by atoms with van der Waals surface area (Å²) < 4.78 is 31.4. The highest BCUT2D eigenvalue weighted by Crippen LogP contribution is 2.67. The topological polar surface area (TPSA) is 144 Å². The molecule has 0 bridgehead atoms. The van der Waals surface area contributed by atoms with Crippen molar-refractivity contribution in [3.05, 3.63) is 0 Å². The van der Waals surface area contributed by atoms with E-state index < -0.39 is 16.2 Å². The van der Waals surface area contributed by atoms with Gasteiger partial charge < -0.3 is 25.1 Å². The third-order valence-electron chi connectivity index (χ3n) is 12.3. The fourth-order valence-corrected chi connectivity index (χ4v) is 10.4. The summed E-state index contributed by atoms with van der Waals surface area (Å²) in [6.07, 6.45) is 8.48. The molecule has 0 aromatic rings. The van der Waals surface area contributed by atoms with Gasteiger partial charge in [0.15, 0.2) is 0 Å². The maximum atomic E-state index is 12.6. The van der Waals surface area contributed by atoms with E-state index in [2.05, 4.69) is 19.2 Å². The second kappa shape index (κ2) is 12.7. The molecule has 0 aromatic carbocycles. The first-order chi connectivity index (χ1) is 19.1. The van der Waals surface area contributed by atoms with Gasteiger partial charge in [-0.2, -0.15) is 8.42 Å². The molecule has 0 aliphatic heterocycles. The van der Waals surface area contributed by atoms with Crippen molar-refractivity contribution in [2.24, 2.45) is 40.4 Å². The van der Waals surface area contributed by atoms with Crippen LogP contribution in [0.5, 0.6) is 0 Å². The van der Waals surface area contributed by atoms with Crippen LogP contribution in [0.4, 0.5) is 0 Å². The van der Waals surface area contributed by atoms with Gasteiger partial charge in [-0.25, -0.2) is 0 Å². The summed E-state index contributed by atoms with van der Waals surface area (Å²) >= 11 is 0. The number of nitrogens with one attached hydrogen (secondary N) is 1. The van der Waals surface area contributed by atoms with Crippen LogP contribution < -0.4 is 5.32 Å². The van der Waals surface area contributed by atoms with Crippen molar-refractivity contribution in [1.29, 1.82) is 0 Å². The Morgan fingerprint density at radius 2 is 1.66 bits per heavy atom. The minimum atomic E-state index is -3.93. The maximum absolute atomic E-state index is 12.6. The zero-order valence-electron chi connectivity index (χ0n) is 25.8. The van der Waals surface area contributed by atoms with Crippen LogP contribution in [-0.4, -0.2) is 96.5 Å². The molecule has 41 heavy (non-hydrogen) atoms. The van der Waals surface area contributed by atoms with Crippen LogP contribution in [0.15, 0.2) is 0 Å². The van der Waals surface area contributed by atoms with Crippen LogP contribution in [-0.2, 0) is 14.9 Å². The Morgan fingerprint density at radius 3 is 2.37 bits per heavy atom. The fraction of sp³-hybridized carbons (Fsp3) is 0.968. The van der Waals surface area contributed by atoms with E-state index in [0.717, 1.165) is 70.8 Å². The summed E-state index contributed by atoms with van der Waals surface area (Å²) in [6, 6.07) is 0. The van der Waals surface area contributed by atoms with Gasteiger partial charge in [-0.3, -0.25) is 9.35 Å². The molecular weight excluding hydrogens is 544 g/mol. The van der Waals surface area contributed by atoms with Crippen molar-refractivity contribution < 1.29 is 37.6 Å². The average molecular weight is 602 g/mol. The Bertz CT molecular complexity index is 1020. The van der Waals surface area contributed by atoms with Crippen molar-refractivity contribution in [2.45, 2.75) is 109 Å². The molecule has 4 fully saturated rings. The zero-order valence-corrected chi connectivity index (χ0v) is 26.6. The molecule has 10 atom stereocenters. The largest absolute Gasteiger partial charge is 0.393 e. The van der Waals surface area contributed by atoms with Crippen LogP contribution in [0.25, 0.3) is 0 Å². The Morgan fingerprint density at radius 1 is 0.951 bits per heavy atom. The Balaban J connectivity index is 1.23. The molecule has 0 spiro atoms. The van der Waals surface area contributed by atoms with Crippen molar-refractivity contribution in [3.8, 4) is 0 Å². The van der Waals surface area contributed by atoms with Gasteiger partial charge >= 0.3 is 0 Å². The number of hydrogen-bond donors (Lipinski definition) is 5. The number of quaternary nitrogens is 1. The Labute approximate surface area is 247 Å². The number of nitrogens with zero attached hydrogens (tertiary/aromatic N) is 1. The molecule has 4 aliphatic carbocycles. The second-order valence-electron chi connectivity index (χ2n) is 15.2. The van der Waals surface area contributed by atoms with Gasteiger partial charge in [0.25, 0.3) is 10.1 Å². The van der Waals surface area contributed by atoms with Gasteiger partial charge in [-0.05, 0) is 98.2 Å². The molecular formula is C31H57N2O7S+. The minimum Gasteiger partial charge on any atom is -0.393 e. The quantitative estimate of drug-likeness (QED) is 0.131. The lowest BCUT2D eigenvalue weighted by atomic mass is 9.43. The maximum Gasteiger partial charge on any atom is 0.265 e. The molecule has 0 radical (unpaired) electrons. The standard InChI is InChI=1S/C31H56N2O7S/c1-30-13-12-23(34)18-22(30)19-26(35)29-24-11-10-21(31(24,2)27(36)20-25(29)30)8-5-9-28(37)32-14-6-15-33(3,4)16-7-17-41(38,39)40/h21-27,29,34-36H,5-20H2,1-4H3,(H-,32,37,38,39,40)/p+1/t21?,22-,23+,24-,25-,26+,27-,29-,30-,31+/m0/s1. The molecule has 1 amide bonds. The van der Waals surface area contributed by atoms with E-state index in [4.69, 9.17) is 4.55 Å². The van der Waals surface area contributed by atoms with E-state index in [-0.39, 0.29) is 40.6 Å². The molecule has 9 nitrogen and oxygen atoms in total. The van der Waals surface area contributed by atoms with E-state index in [9.17, 15) is 28.5 Å². The number of amides is 1. The van der Waals surface area contributed by atoms with E-state index >= 15 is 0 Å². The summed E-state index contributed by atoms with van der Waals surface area (Å²) in [7, 11) is 0.115. The van der Waals surface area contributed by atoms with Crippen LogP contribution in [0.3, 0.4) is 0 Å². The lowest BCUT2D eigenvalue weighted by Gasteiger charge is -2.63. The normalized spacial score (nSPS) is 40.9. The third kappa shape index (κ3) is 7.31. The molecule has 238 valence electrons. The average Bonchev–Trinajstić information content (AvgIpc) is 3.20. The number of aliphatic hydroxyl groups is 3. The molecule has 5 N–H and O–H groups in total. The molecule has 0 saturated heterocycles. The van der Waals surface area contributed by atoms with Gasteiger partial charge in [-0.1, -0.05) is 13.8 Å². The molecule has 1 unspecified atom stereocenters. The van der Waals surface area contributed by atoms with Crippen LogP contribution in [0.2, 0.25) is 0 Å². The first kappa shape index (κ1) is 33.1. The summed E-state index contributed by atoms with van der Waals surface area (Å²) in [5, 5.41) is 36.4. The Hall–Kier alpha value is -0.780. The molecule has 4 aliphatic rings. The number of carbonyl (C=O) groups is 1. The van der Waals surface area contributed by atoms with E-state index in [1.807, 2.05) is 14.1 Å². The molecule has 4 rings (SSSR count). The monoisotopic (exact) mass is 601 g/mol. The van der Waals surface area contributed by atoms with Crippen LogP contribution in [0, 0.1) is 40.4 Å². The predicted molar refractivity (Wildman–Crippen MR) is 158 cm³/mol. The van der Waals surface area contributed by atoms with Crippen molar-refractivity contribution >= 4 is 16.0 Å². The highest BCUT2D eigenvalue weighted by atomic mass is 32.2. The van der Waals surface area contributed by atoms with E-state index in [0.29, 0.717) is 54.1 Å². The molecule has 0 heterocycles. The van der Waals surface area contributed by atoms with Crippen molar-refractivity contribution in [1.82, 2.24) is 5.32 Å². The number of fused-ring (bicyclic) bond motifs is 5. The summed E-state index contributed by atoms with van der Waals surface area (Å²) in [4.78, 5) is 12.6. The van der Waals surface area contributed by atoms with Crippen LogP contribution in [0.1, 0.15) is 90.9 Å². The Kier molecular flexibility index (Phi) is 10.2. The van der Waals surface area contributed by atoms with Gasteiger partial charge in [0.05, 0.1) is 51.2 Å². The SMILES string of the molecule is C[C@]12CC[C@@H](O)C[C@H]1C[C@@H](O)[C@@H]1[C@@H]2C[C@H](O)[C@]2(C)C(CCCC(=O)NCCC[N+](C)(C)CCCS(=O)(=O)O)CC[C@@H]12. The van der Waals surface area contributed by atoms with E-state index in [1.54, 1.807) is 0 Å². The first-order valence-corrected chi connectivity index (χ1v) is 17.8. The molecule has 10 heteroatoms. The van der Waals surface area contributed by atoms with Gasteiger partial charge in [0.2, 0.25) is 5.91 Å². The smallest absolute Gasteiger partial charge is 0.265 e. The number of hydrogen-bond acceptors (Lipinski definition) is 6. The first-order valence-electron chi connectivity index (χ1n) is 16.1. The van der Waals surface area contributed by atoms with Crippen molar-refractivity contribution in [2.75, 3.05) is 39.5 Å². The molecule has 0 aromatic heterocycles. The van der Waals surface area contributed by atoms with Crippen molar-refractivity contribution in [3.63, 3.8) is 0 Å². The predicted octanol–water partition coefficient (Wildman–Crippen LogP) is 2.98. The van der Waals surface area contributed by atoms with Crippen LogP contribution >= 0.6 is 0 Å². The zero-order chi connectivity index (χ0) is 30.2. The highest BCUT2D eigenvalue weighted by Gasteiger charge is 2.65. The third-order valence-corrected chi connectivity index (χ3v) is 13.1. The number of aliphatic hydroxyl groups excluding tert-OH is 3. The second-order valence-corrected chi connectivity index (χ2v) is 16.8. The van der Waals surface area contributed by atoms with E-state index in [1.165, 1.54) is 0 Å². The van der Waals surface area contributed by atoms with Gasteiger partial charge in [-0.15, -0.1) is 0 Å². The van der Waals surface area contributed by atoms with Gasteiger partial charge in [0, 0.05) is 25.8 Å².